The molecule has 0 fully saturated rings. The zero-order valence-electron chi connectivity index (χ0n) is 16.3. The molecule has 0 aliphatic heterocycles. The lowest BCUT2D eigenvalue weighted by molar-refractivity contribution is -0.120. The average Bonchev–Trinajstić information content (AvgIpc) is 2.75. The number of nitrogens with one attached hydrogen (secondary N) is 1. The summed E-state index contributed by atoms with van der Waals surface area (Å²) >= 11 is 9.42. The van der Waals surface area contributed by atoms with Crippen LogP contribution in [-0.2, 0) is 17.8 Å². The molecule has 1 amide bonds. The monoisotopic (exact) mass is 486 g/mol. The average molecular weight is 488 g/mol. The van der Waals surface area contributed by atoms with E-state index in [2.05, 4.69) is 26.5 Å². The third-order valence-corrected chi connectivity index (χ3v) is 5.13. The minimum absolute atomic E-state index is 0.191. The van der Waals surface area contributed by atoms with E-state index in [0.29, 0.717) is 23.1 Å². The summed E-state index contributed by atoms with van der Waals surface area (Å²) in [4.78, 5) is 12.0. The van der Waals surface area contributed by atoms with Gasteiger partial charge in [0.05, 0.1) is 19.7 Å². The molecule has 154 valence electrons. The molecular weight excluding hydrogens is 468 g/mol. The predicted octanol–water partition coefficient (Wildman–Crippen LogP) is 5.38. The van der Waals surface area contributed by atoms with E-state index in [1.54, 1.807) is 19.4 Å². The van der Waals surface area contributed by atoms with Crippen LogP contribution in [0.3, 0.4) is 0 Å². The van der Waals surface area contributed by atoms with E-state index in [1.807, 2.05) is 60.7 Å². The van der Waals surface area contributed by atoms with Crippen molar-refractivity contribution in [2.24, 2.45) is 5.10 Å². The number of hydrogen-bond acceptors (Lipinski definition) is 4. The SMILES string of the molecule is COc1cc(/C=N\NC(=O)Cc2ccccc2)c(Br)cc1OCc1ccc(Cl)cc1. The quantitative estimate of drug-likeness (QED) is 0.343. The van der Waals surface area contributed by atoms with Crippen LogP contribution in [0.25, 0.3) is 0 Å². The Bertz CT molecular complexity index is 1020. The zero-order valence-corrected chi connectivity index (χ0v) is 18.6. The van der Waals surface area contributed by atoms with Gasteiger partial charge < -0.3 is 9.47 Å². The van der Waals surface area contributed by atoms with Crippen LogP contribution in [0, 0.1) is 0 Å². The van der Waals surface area contributed by atoms with Crippen LogP contribution in [0.4, 0.5) is 0 Å². The fourth-order valence-electron chi connectivity index (χ4n) is 2.66. The van der Waals surface area contributed by atoms with E-state index >= 15 is 0 Å². The van der Waals surface area contributed by atoms with E-state index in [9.17, 15) is 4.79 Å². The van der Waals surface area contributed by atoms with Gasteiger partial charge in [0.2, 0.25) is 5.91 Å². The van der Waals surface area contributed by atoms with Gasteiger partial charge in [-0.2, -0.15) is 5.10 Å². The molecule has 0 aromatic heterocycles. The van der Waals surface area contributed by atoms with Gasteiger partial charge in [0.25, 0.3) is 0 Å². The second-order valence-corrected chi connectivity index (χ2v) is 7.69. The molecule has 0 unspecified atom stereocenters. The molecule has 7 heteroatoms. The maximum Gasteiger partial charge on any atom is 0.244 e. The highest BCUT2D eigenvalue weighted by molar-refractivity contribution is 9.10. The van der Waals surface area contributed by atoms with Gasteiger partial charge in [-0.1, -0.05) is 54.1 Å². The molecule has 0 aliphatic rings. The number of hydrazone groups is 1. The number of carbonyl (C=O) groups excluding carboxylic acids is 1. The van der Waals surface area contributed by atoms with Crippen molar-refractivity contribution >= 4 is 39.7 Å². The highest BCUT2D eigenvalue weighted by atomic mass is 79.9. The van der Waals surface area contributed by atoms with Crippen molar-refractivity contribution in [3.8, 4) is 11.5 Å². The van der Waals surface area contributed by atoms with Crippen LogP contribution in [0.5, 0.6) is 11.5 Å². The van der Waals surface area contributed by atoms with E-state index in [0.717, 1.165) is 21.2 Å². The summed E-state index contributed by atoms with van der Waals surface area (Å²) in [6.07, 6.45) is 1.82. The zero-order chi connectivity index (χ0) is 21.3. The molecule has 0 spiro atoms. The molecule has 3 aromatic carbocycles. The van der Waals surface area contributed by atoms with Gasteiger partial charge in [-0.15, -0.1) is 0 Å². The summed E-state index contributed by atoms with van der Waals surface area (Å²) in [6.45, 7) is 0.378. The summed E-state index contributed by atoms with van der Waals surface area (Å²) in [5.74, 6) is 0.956. The fourth-order valence-corrected chi connectivity index (χ4v) is 3.21. The Kier molecular flexibility index (Phi) is 7.88. The number of amides is 1. The first-order valence-corrected chi connectivity index (χ1v) is 10.3. The number of ether oxygens (including phenoxy) is 2. The van der Waals surface area contributed by atoms with Crippen molar-refractivity contribution < 1.29 is 14.3 Å². The Labute approximate surface area is 188 Å². The maximum absolute atomic E-state index is 12.0. The Morgan fingerprint density at radius 3 is 2.50 bits per heavy atom. The number of halogens is 2. The topological polar surface area (TPSA) is 59.9 Å². The first-order valence-electron chi connectivity index (χ1n) is 9.16. The molecule has 0 atom stereocenters. The Morgan fingerprint density at radius 2 is 1.80 bits per heavy atom. The van der Waals surface area contributed by atoms with Crippen molar-refractivity contribution in [2.45, 2.75) is 13.0 Å². The first-order chi connectivity index (χ1) is 14.5. The van der Waals surface area contributed by atoms with Crippen LogP contribution in [0.2, 0.25) is 5.02 Å². The van der Waals surface area contributed by atoms with E-state index in [-0.39, 0.29) is 12.3 Å². The molecule has 3 rings (SSSR count). The van der Waals surface area contributed by atoms with Crippen molar-refractivity contribution in [3.05, 3.63) is 92.9 Å². The predicted molar refractivity (Wildman–Crippen MR) is 122 cm³/mol. The van der Waals surface area contributed by atoms with Crippen LogP contribution in [-0.4, -0.2) is 19.2 Å². The van der Waals surface area contributed by atoms with Crippen molar-refractivity contribution in [2.75, 3.05) is 7.11 Å². The summed E-state index contributed by atoms with van der Waals surface area (Å²) in [5, 5.41) is 4.72. The molecule has 0 bridgehead atoms. The summed E-state index contributed by atoms with van der Waals surface area (Å²) < 4.78 is 12.1. The van der Waals surface area contributed by atoms with Gasteiger partial charge in [0.1, 0.15) is 6.61 Å². The summed E-state index contributed by atoms with van der Waals surface area (Å²) in [5.41, 5.74) is 5.19. The van der Waals surface area contributed by atoms with Gasteiger partial charge in [0.15, 0.2) is 11.5 Å². The lowest BCUT2D eigenvalue weighted by Crippen LogP contribution is -2.19. The van der Waals surface area contributed by atoms with Gasteiger partial charge in [0, 0.05) is 15.1 Å². The summed E-state index contributed by atoms with van der Waals surface area (Å²) in [7, 11) is 1.57. The van der Waals surface area contributed by atoms with Gasteiger partial charge in [-0.05, 0) is 51.3 Å². The largest absolute Gasteiger partial charge is 0.493 e. The Hall–Kier alpha value is -2.83. The lowest BCUT2D eigenvalue weighted by Gasteiger charge is -2.13. The van der Waals surface area contributed by atoms with Crippen LogP contribution in [0.15, 0.2) is 76.3 Å². The highest BCUT2D eigenvalue weighted by Gasteiger charge is 2.10. The van der Waals surface area contributed by atoms with Crippen molar-refractivity contribution in [1.82, 2.24) is 5.43 Å². The van der Waals surface area contributed by atoms with E-state index in [4.69, 9.17) is 21.1 Å². The standard InChI is InChI=1S/C23H20BrClN2O3/c1-29-21-12-18(14-26-27-23(28)11-16-5-3-2-4-6-16)20(24)13-22(21)30-15-17-7-9-19(25)10-8-17/h2-10,12-14H,11,15H2,1H3,(H,27,28)/b26-14-. The summed E-state index contributed by atoms with van der Waals surface area (Å²) in [6, 6.07) is 20.5. The molecule has 30 heavy (non-hydrogen) atoms. The number of methoxy groups -OCH3 is 1. The molecule has 0 saturated carbocycles. The number of hydrogen-bond donors (Lipinski definition) is 1. The van der Waals surface area contributed by atoms with Crippen molar-refractivity contribution in [3.63, 3.8) is 0 Å². The lowest BCUT2D eigenvalue weighted by atomic mass is 10.1. The number of rotatable bonds is 8. The Balaban J connectivity index is 1.63. The van der Waals surface area contributed by atoms with Gasteiger partial charge in [-0.25, -0.2) is 5.43 Å². The van der Waals surface area contributed by atoms with Crippen molar-refractivity contribution in [1.29, 1.82) is 0 Å². The molecule has 5 nitrogen and oxygen atoms in total. The third-order valence-electron chi connectivity index (χ3n) is 4.19. The molecule has 0 aliphatic carbocycles. The first kappa shape index (κ1) is 21.9. The molecule has 0 saturated heterocycles. The molecule has 0 heterocycles. The minimum atomic E-state index is -0.191. The van der Waals surface area contributed by atoms with Gasteiger partial charge >= 0.3 is 0 Å². The number of benzene rings is 3. The second kappa shape index (κ2) is 10.8. The van der Waals surface area contributed by atoms with Crippen LogP contribution >= 0.6 is 27.5 Å². The number of nitrogens with zero attached hydrogens (tertiary/aromatic N) is 1. The molecule has 3 aromatic rings. The highest BCUT2D eigenvalue weighted by Crippen LogP contribution is 2.33. The minimum Gasteiger partial charge on any atom is -0.493 e. The van der Waals surface area contributed by atoms with E-state index < -0.39 is 0 Å². The number of carbonyl (C=O) groups is 1. The molecular formula is C23H20BrClN2O3. The van der Waals surface area contributed by atoms with Crippen LogP contribution in [0.1, 0.15) is 16.7 Å². The normalized spacial score (nSPS) is 10.8. The fraction of sp³-hybridized carbons (Fsp3) is 0.130. The van der Waals surface area contributed by atoms with E-state index in [1.165, 1.54) is 0 Å². The smallest absolute Gasteiger partial charge is 0.244 e. The maximum atomic E-state index is 12.0. The van der Waals surface area contributed by atoms with Crippen LogP contribution < -0.4 is 14.9 Å². The second-order valence-electron chi connectivity index (χ2n) is 6.40. The van der Waals surface area contributed by atoms with Gasteiger partial charge in [-0.3, -0.25) is 4.79 Å². The molecule has 0 radical (unpaired) electrons. The molecule has 1 N–H and O–H groups in total. The third kappa shape index (κ3) is 6.34. The Morgan fingerprint density at radius 1 is 1.07 bits per heavy atom.